The van der Waals surface area contributed by atoms with Crippen LogP contribution in [-0.2, 0) is 4.79 Å². The van der Waals surface area contributed by atoms with Crippen LogP contribution in [0.25, 0.3) is 0 Å². The van der Waals surface area contributed by atoms with Gasteiger partial charge in [0.1, 0.15) is 0 Å². The number of halogens is 2. The molecule has 2 heterocycles. The SMILES string of the molecule is O=C1Nc2ccc(F)c(F)c2C1C1CCCSC1. The normalized spacial score (nSPS) is 26.9. The summed E-state index contributed by atoms with van der Waals surface area (Å²) in [7, 11) is 0. The Labute approximate surface area is 108 Å². The van der Waals surface area contributed by atoms with Crippen molar-refractivity contribution < 1.29 is 13.6 Å². The Morgan fingerprint density at radius 1 is 1.33 bits per heavy atom. The topological polar surface area (TPSA) is 29.1 Å². The molecule has 1 fully saturated rings. The number of fused-ring (bicyclic) bond motifs is 1. The van der Waals surface area contributed by atoms with E-state index in [9.17, 15) is 13.6 Å². The zero-order valence-electron chi connectivity index (χ0n) is 9.71. The fourth-order valence-corrected chi connectivity index (χ4v) is 4.00. The summed E-state index contributed by atoms with van der Waals surface area (Å²) in [6.45, 7) is 0. The van der Waals surface area contributed by atoms with Crippen LogP contribution in [0.3, 0.4) is 0 Å². The molecule has 1 saturated heterocycles. The molecule has 18 heavy (non-hydrogen) atoms. The molecule has 0 aromatic heterocycles. The second kappa shape index (κ2) is 4.53. The van der Waals surface area contributed by atoms with Crippen molar-refractivity contribution in [2.45, 2.75) is 18.8 Å². The highest BCUT2D eigenvalue weighted by molar-refractivity contribution is 7.99. The third-order valence-electron chi connectivity index (χ3n) is 3.65. The molecule has 3 rings (SSSR count). The van der Waals surface area contributed by atoms with E-state index < -0.39 is 17.6 Å². The minimum atomic E-state index is -0.876. The Balaban J connectivity index is 2.02. The Morgan fingerprint density at radius 2 is 2.17 bits per heavy atom. The van der Waals surface area contributed by atoms with Crippen molar-refractivity contribution in [3.05, 3.63) is 29.3 Å². The third kappa shape index (κ3) is 1.81. The minimum Gasteiger partial charge on any atom is -0.325 e. The number of carbonyl (C=O) groups is 1. The summed E-state index contributed by atoms with van der Waals surface area (Å²) in [6.07, 6.45) is 1.94. The van der Waals surface area contributed by atoms with E-state index in [0.29, 0.717) is 5.69 Å². The van der Waals surface area contributed by atoms with Crippen LogP contribution >= 0.6 is 11.8 Å². The van der Waals surface area contributed by atoms with Crippen molar-refractivity contribution in [2.24, 2.45) is 5.92 Å². The first kappa shape index (κ1) is 12.0. The molecule has 0 aliphatic carbocycles. The Kier molecular flexibility index (Phi) is 3.01. The van der Waals surface area contributed by atoms with Crippen LogP contribution in [0, 0.1) is 17.6 Å². The zero-order chi connectivity index (χ0) is 12.7. The van der Waals surface area contributed by atoms with E-state index in [4.69, 9.17) is 0 Å². The summed E-state index contributed by atoms with van der Waals surface area (Å²) >= 11 is 1.78. The van der Waals surface area contributed by atoms with Gasteiger partial charge >= 0.3 is 0 Å². The number of hydrogen-bond acceptors (Lipinski definition) is 2. The number of hydrogen-bond donors (Lipinski definition) is 1. The predicted molar refractivity (Wildman–Crippen MR) is 67.8 cm³/mol. The largest absolute Gasteiger partial charge is 0.325 e. The van der Waals surface area contributed by atoms with E-state index in [1.54, 1.807) is 11.8 Å². The van der Waals surface area contributed by atoms with E-state index in [0.717, 1.165) is 30.4 Å². The van der Waals surface area contributed by atoms with E-state index in [-0.39, 0.29) is 17.4 Å². The van der Waals surface area contributed by atoms with Gasteiger partial charge in [-0.2, -0.15) is 11.8 Å². The molecule has 1 N–H and O–H groups in total. The number of rotatable bonds is 1. The zero-order valence-corrected chi connectivity index (χ0v) is 10.5. The molecule has 2 atom stereocenters. The summed E-state index contributed by atoms with van der Waals surface area (Å²) in [5.41, 5.74) is 0.659. The lowest BCUT2D eigenvalue weighted by molar-refractivity contribution is -0.118. The van der Waals surface area contributed by atoms with Crippen molar-refractivity contribution in [3.8, 4) is 0 Å². The fraction of sp³-hybridized carbons (Fsp3) is 0.462. The summed E-state index contributed by atoms with van der Waals surface area (Å²) < 4.78 is 27.2. The highest BCUT2D eigenvalue weighted by atomic mass is 32.2. The first-order chi connectivity index (χ1) is 8.68. The van der Waals surface area contributed by atoms with Gasteiger partial charge in [-0.25, -0.2) is 8.78 Å². The number of anilines is 1. The van der Waals surface area contributed by atoms with Crippen molar-refractivity contribution in [2.75, 3.05) is 16.8 Å². The van der Waals surface area contributed by atoms with Gasteiger partial charge in [-0.3, -0.25) is 4.79 Å². The lowest BCUT2D eigenvalue weighted by Crippen LogP contribution is -2.25. The number of benzene rings is 1. The van der Waals surface area contributed by atoms with Gasteiger partial charge in [0.25, 0.3) is 0 Å². The van der Waals surface area contributed by atoms with E-state index in [1.165, 1.54) is 6.07 Å². The number of thioether (sulfide) groups is 1. The summed E-state index contributed by atoms with van der Waals surface area (Å²) in [4.78, 5) is 12.0. The second-order valence-electron chi connectivity index (χ2n) is 4.77. The van der Waals surface area contributed by atoms with Crippen LogP contribution in [0.5, 0.6) is 0 Å². The molecule has 0 saturated carbocycles. The molecule has 1 amide bonds. The quantitative estimate of drug-likeness (QED) is 0.848. The molecule has 2 aliphatic heterocycles. The molecule has 1 aromatic rings. The molecule has 0 bridgehead atoms. The lowest BCUT2D eigenvalue weighted by Gasteiger charge is -2.26. The van der Waals surface area contributed by atoms with Crippen LogP contribution in [-0.4, -0.2) is 17.4 Å². The van der Waals surface area contributed by atoms with Crippen molar-refractivity contribution in [3.63, 3.8) is 0 Å². The molecule has 2 aliphatic rings. The third-order valence-corrected chi connectivity index (χ3v) is 4.89. The van der Waals surface area contributed by atoms with Crippen LogP contribution < -0.4 is 5.32 Å². The molecular formula is C13H13F2NOS. The average molecular weight is 269 g/mol. The van der Waals surface area contributed by atoms with Crippen LogP contribution in [0.15, 0.2) is 12.1 Å². The van der Waals surface area contributed by atoms with Crippen LogP contribution in [0.4, 0.5) is 14.5 Å². The van der Waals surface area contributed by atoms with Gasteiger partial charge in [0.15, 0.2) is 11.6 Å². The molecule has 1 aromatic carbocycles. The summed E-state index contributed by atoms with van der Waals surface area (Å²) in [6, 6.07) is 2.51. The number of nitrogens with one attached hydrogen (secondary N) is 1. The standard InChI is InChI=1S/C13H13F2NOS/c14-8-3-4-9-11(12(8)15)10(13(17)16-9)7-2-1-5-18-6-7/h3-4,7,10H,1-2,5-6H2,(H,16,17). The molecule has 0 spiro atoms. The van der Waals surface area contributed by atoms with Gasteiger partial charge in [-0.05, 0) is 42.4 Å². The van der Waals surface area contributed by atoms with Gasteiger partial charge in [0.2, 0.25) is 5.91 Å². The molecule has 96 valence electrons. The van der Waals surface area contributed by atoms with Gasteiger partial charge in [0, 0.05) is 11.3 Å². The van der Waals surface area contributed by atoms with E-state index in [1.807, 2.05) is 0 Å². The fourth-order valence-electron chi connectivity index (χ4n) is 2.80. The Bertz CT molecular complexity index is 500. The predicted octanol–water partition coefficient (Wildman–Crippen LogP) is 3.14. The molecule has 0 radical (unpaired) electrons. The maximum absolute atomic E-state index is 13.9. The van der Waals surface area contributed by atoms with Crippen molar-refractivity contribution in [1.29, 1.82) is 0 Å². The minimum absolute atomic E-state index is 0.112. The van der Waals surface area contributed by atoms with Crippen LogP contribution in [0.2, 0.25) is 0 Å². The first-order valence-electron chi connectivity index (χ1n) is 6.05. The maximum Gasteiger partial charge on any atom is 0.232 e. The monoisotopic (exact) mass is 269 g/mol. The average Bonchev–Trinajstić information content (AvgIpc) is 2.72. The van der Waals surface area contributed by atoms with Gasteiger partial charge < -0.3 is 5.32 Å². The van der Waals surface area contributed by atoms with E-state index in [2.05, 4.69) is 5.32 Å². The van der Waals surface area contributed by atoms with Crippen molar-refractivity contribution >= 4 is 23.4 Å². The van der Waals surface area contributed by atoms with Gasteiger partial charge in [-0.15, -0.1) is 0 Å². The molecule has 2 unspecified atom stereocenters. The molecule has 2 nitrogen and oxygen atoms in total. The summed E-state index contributed by atoms with van der Waals surface area (Å²) in [5, 5.41) is 2.66. The highest BCUT2D eigenvalue weighted by Gasteiger charge is 2.40. The van der Waals surface area contributed by atoms with E-state index >= 15 is 0 Å². The smallest absolute Gasteiger partial charge is 0.232 e. The second-order valence-corrected chi connectivity index (χ2v) is 5.92. The summed E-state index contributed by atoms with van der Waals surface area (Å²) in [5.74, 6) is -0.423. The Hall–Kier alpha value is -1.10. The van der Waals surface area contributed by atoms with Crippen molar-refractivity contribution in [1.82, 2.24) is 0 Å². The first-order valence-corrected chi connectivity index (χ1v) is 7.20. The lowest BCUT2D eigenvalue weighted by atomic mass is 9.85. The van der Waals surface area contributed by atoms with Gasteiger partial charge in [-0.1, -0.05) is 0 Å². The van der Waals surface area contributed by atoms with Gasteiger partial charge in [0.05, 0.1) is 5.92 Å². The molecule has 5 heteroatoms. The van der Waals surface area contributed by atoms with Crippen LogP contribution in [0.1, 0.15) is 24.3 Å². The Morgan fingerprint density at radius 3 is 2.89 bits per heavy atom. The number of amides is 1. The molecular weight excluding hydrogens is 256 g/mol. The maximum atomic E-state index is 13.9. The highest BCUT2D eigenvalue weighted by Crippen LogP contribution is 2.43. The number of carbonyl (C=O) groups excluding carboxylic acids is 1.